The molecule has 15 heavy (non-hydrogen) atoms. The van der Waals surface area contributed by atoms with E-state index >= 15 is 0 Å². The Hall–Kier alpha value is 0.411. The van der Waals surface area contributed by atoms with Crippen LogP contribution in [0, 0.1) is 0 Å². The Bertz CT molecular complexity index is 138. The Labute approximate surface area is 95.3 Å². The van der Waals surface area contributed by atoms with Gasteiger partial charge < -0.3 is 25.6 Å². The largest absolute Gasteiger partial charge is 0.469 e. The van der Waals surface area contributed by atoms with E-state index in [2.05, 4.69) is 0 Å². The van der Waals surface area contributed by atoms with Gasteiger partial charge in [0.2, 0.25) is 0 Å². The minimum Gasteiger partial charge on any atom is -0.377 e. The van der Waals surface area contributed by atoms with Gasteiger partial charge in [0.15, 0.2) is 0 Å². The van der Waals surface area contributed by atoms with Crippen molar-refractivity contribution in [2.45, 2.75) is 20.8 Å². The van der Waals surface area contributed by atoms with E-state index in [1.807, 2.05) is 20.8 Å². The second-order valence-electron chi connectivity index (χ2n) is 2.64. The van der Waals surface area contributed by atoms with Crippen LogP contribution in [0.15, 0.2) is 0 Å². The summed E-state index contributed by atoms with van der Waals surface area (Å²) in [4.78, 5) is 0. The van der Waals surface area contributed by atoms with Crippen LogP contribution < -0.4 is 0 Å². The van der Waals surface area contributed by atoms with Crippen molar-refractivity contribution in [3.63, 3.8) is 0 Å². The van der Waals surface area contributed by atoms with Crippen molar-refractivity contribution >= 4 is 28.6 Å². The maximum Gasteiger partial charge on any atom is 0.469 e. The molecule has 1 rings (SSSR count). The molecule has 0 spiro atoms. The van der Waals surface area contributed by atoms with E-state index in [0.717, 1.165) is 0 Å². The fourth-order valence-corrected chi connectivity index (χ4v) is 8.39. The lowest BCUT2D eigenvalue weighted by Gasteiger charge is -2.31. The molecular formula is C6H18O6Si3. The summed E-state index contributed by atoms with van der Waals surface area (Å²) in [6, 6.07) is 0. The zero-order valence-corrected chi connectivity index (χ0v) is 12.8. The summed E-state index contributed by atoms with van der Waals surface area (Å²) in [7, 11) is -6.17. The van der Waals surface area contributed by atoms with Gasteiger partial charge >= 0.3 is 28.6 Å². The van der Waals surface area contributed by atoms with Gasteiger partial charge in [0.1, 0.15) is 0 Å². The van der Waals surface area contributed by atoms with Gasteiger partial charge in [0.25, 0.3) is 0 Å². The molecule has 0 bridgehead atoms. The lowest BCUT2D eigenvalue weighted by Crippen LogP contribution is -2.52. The number of hydrogen-bond donors (Lipinski definition) is 0. The van der Waals surface area contributed by atoms with Gasteiger partial charge in [0.05, 0.1) is 0 Å². The number of rotatable bonds is 6. The maximum absolute atomic E-state index is 5.49. The highest BCUT2D eigenvalue weighted by Gasteiger charge is 2.38. The maximum atomic E-state index is 5.49. The quantitative estimate of drug-likeness (QED) is 0.596. The standard InChI is InChI=1S/C6H18O6Si3/c1-4-7-13-10-14(8-5-2)12-15(11-13)9-6-3/h13-15H,4-6H2,1-3H3. The van der Waals surface area contributed by atoms with Crippen LogP contribution in [0.4, 0.5) is 0 Å². The molecule has 9 heteroatoms. The molecule has 0 saturated carbocycles. The summed E-state index contributed by atoms with van der Waals surface area (Å²) in [5.74, 6) is 0. The first-order chi connectivity index (χ1) is 7.30. The molecule has 1 saturated heterocycles. The van der Waals surface area contributed by atoms with E-state index in [-0.39, 0.29) is 0 Å². The average Bonchev–Trinajstić information content (AvgIpc) is 2.19. The molecule has 0 aromatic heterocycles. The molecule has 90 valence electrons. The minimum atomic E-state index is -2.06. The molecule has 0 aromatic rings. The third kappa shape index (κ3) is 4.84. The van der Waals surface area contributed by atoms with E-state index in [0.29, 0.717) is 19.8 Å². The normalized spacial score (nSPS) is 31.8. The summed E-state index contributed by atoms with van der Waals surface area (Å²) >= 11 is 0. The first-order valence-electron chi connectivity index (χ1n) is 5.11. The van der Waals surface area contributed by atoms with E-state index in [9.17, 15) is 0 Å². The van der Waals surface area contributed by atoms with Crippen LogP contribution in [0.3, 0.4) is 0 Å². The molecule has 1 fully saturated rings. The minimum absolute atomic E-state index is 0.581. The predicted octanol–water partition coefficient (Wildman–Crippen LogP) is -0.689. The molecule has 0 aromatic carbocycles. The Morgan fingerprint density at radius 2 is 0.933 bits per heavy atom. The molecule has 0 amide bonds. The van der Waals surface area contributed by atoms with E-state index in [4.69, 9.17) is 25.6 Å². The number of hydrogen-bond acceptors (Lipinski definition) is 6. The van der Waals surface area contributed by atoms with Gasteiger partial charge in [-0.25, -0.2) is 0 Å². The van der Waals surface area contributed by atoms with Gasteiger partial charge in [-0.1, -0.05) is 0 Å². The van der Waals surface area contributed by atoms with Gasteiger partial charge in [-0.3, -0.25) is 0 Å². The summed E-state index contributed by atoms with van der Waals surface area (Å²) in [5.41, 5.74) is 0. The lowest BCUT2D eigenvalue weighted by molar-refractivity contribution is 0.0729. The molecule has 0 aliphatic carbocycles. The molecule has 0 N–H and O–H groups in total. The second-order valence-corrected chi connectivity index (χ2v) is 8.64. The van der Waals surface area contributed by atoms with E-state index in [1.54, 1.807) is 0 Å². The zero-order valence-electron chi connectivity index (χ0n) is 9.30. The lowest BCUT2D eigenvalue weighted by atomic mass is 10.9. The highest BCUT2D eigenvalue weighted by Crippen LogP contribution is 2.10. The first-order valence-corrected chi connectivity index (χ1v) is 9.35. The Kier molecular flexibility index (Phi) is 6.87. The Balaban J connectivity index is 2.40. The van der Waals surface area contributed by atoms with Crippen LogP contribution in [0.25, 0.3) is 0 Å². The van der Waals surface area contributed by atoms with Crippen molar-refractivity contribution in [2.75, 3.05) is 19.8 Å². The van der Waals surface area contributed by atoms with Crippen LogP contribution in [0.2, 0.25) is 0 Å². The van der Waals surface area contributed by atoms with E-state index < -0.39 is 28.6 Å². The molecule has 0 unspecified atom stereocenters. The molecule has 1 aliphatic heterocycles. The second kappa shape index (κ2) is 7.65. The molecule has 6 nitrogen and oxygen atoms in total. The van der Waals surface area contributed by atoms with Crippen LogP contribution in [0.1, 0.15) is 20.8 Å². The van der Waals surface area contributed by atoms with Crippen LogP contribution in [0.5, 0.6) is 0 Å². The molecular weight excluding hydrogens is 252 g/mol. The predicted molar refractivity (Wildman–Crippen MR) is 59.6 cm³/mol. The highest BCUT2D eigenvalue weighted by atomic mass is 28.5. The van der Waals surface area contributed by atoms with Gasteiger partial charge in [-0.15, -0.1) is 0 Å². The third-order valence-corrected chi connectivity index (χ3v) is 8.72. The average molecular weight is 270 g/mol. The SMILES string of the molecule is CCO[SiH]1O[SiH](OCC)O[SiH](OCC)O1. The van der Waals surface area contributed by atoms with Crippen molar-refractivity contribution in [3.05, 3.63) is 0 Å². The summed E-state index contributed by atoms with van der Waals surface area (Å²) in [5, 5.41) is 0. The fraction of sp³-hybridized carbons (Fsp3) is 1.00. The first kappa shape index (κ1) is 13.5. The molecule has 0 atom stereocenters. The van der Waals surface area contributed by atoms with Crippen LogP contribution >= 0.6 is 0 Å². The van der Waals surface area contributed by atoms with Crippen molar-refractivity contribution in [1.29, 1.82) is 0 Å². The summed E-state index contributed by atoms with van der Waals surface area (Å²) < 4.78 is 32.5. The van der Waals surface area contributed by atoms with Gasteiger partial charge in [0, 0.05) is 19.8 Å². The van der Waals surface area contributed by atoms with Crippen LogP contribution in [-0.2, 0) is 25.6 Å². The zero-order chi connectivity index (χ0) is 11.1. The highest BCUT2D eigenvalue weighted by molar-refractivity contribution is 6.66. The monoisotopic (exact) mass is 270 g/mol. The fourth-order valence-electron chi connectivity index (χ4n) is 1.01. The van der Waals surface area contributed by atoms with Crippen LogP contribution in [-0.4, -0.2) is 48.4 Å². The molecule has 0 radical (unpaired) electrons. The van der Waals surface area contributed by atoms with Gasteiger partial charge in [-0.05, 0) is 20.8 Å². The smallest absolute Gasteiger partial charge is 0.377 e. The summed E-state index contributed by atoms with van der Waals surface area (Å²) in [6.07, 6.45) is 0. The third-order valence-electron chi connectivity index (χ3n) is 1.57. The topological polar surface area (TPSA) is 55.4 Å². The molecule has 1 aliphatic rings. The Morgan fingerprint density at radius 3 is 1.13 bits per heavy atom. The van der Waals surface area contributed by atoms with Crippen molar-refractivity contribution in [3.8, 4) is 0 Å². The molecule has 1 heterocycles. The summed E-state index contributed by atoms with van der Waals surface area (Å²) in [6.45, 7) is 7.46. The van der Waals surface area contributed by atoms with Gasteiger partial charge in [-0.2, -0.15) is 0 Å². The van der Waals surface area contributed by atoms with E-state index in [1.165, 1.54) is 0 Å². The Morgan fingerprint density at radius 1 is 0.667 bits per heavy atom. The van der Waals surface area contributed by atoms with Crippen molar-refractivity contribution in [2.24, 2.45) is 0 Å². The van der Waals surface area contributed by atoms with Crippen molar-refractivity contribution in [1.82, 2.24) is 0 Å². The van der Waals surface area contributed by atoms with Crippen molar-refractivity contribution < 1.29 is 25.6 Å².